The average Bonchev–Trinajstić information content (AvgIpc) is 2.62. The molecule has 2 unspecified atom stereocenters. The van der Waals surface area contributed by atoms with Crippen molar-refractivity contribution in [1.82, 2.24) is 5.32 Å². The Morgan fingerprint density at radius 1 is 1.44 bits per heavy atom. The van der Waals surface area contributed by atoms with Gasteiger partial charge in [-0.1, -0.05) is 26.7 Å². The Balaban J connectivity index is 2.20. The molecule has 1 rings (SSSR count). The Labute approximate surface area is 98.6 Å². The number of carbonyl (C=O) groups is 1. The molecule has 0 amide bonds. The molecule has 0 spiro atoms. The first-order chi connectivity index (χ1) is 7.59. The van der Waals surface area contributed by atoms with Gasteiger partial charge in [0.2, 0.25) is 0 Å². The van der Waals surface area contributed by atoms with Gasteiger partial charge in [-0.25, -0.2) is 0 Å². The molecule has 2 atom stereocenters. The van der Waals surface area contributed by atoms with E-state index in [1.54, 1.807) is 0 Å². The summed E-state index contributed by atoms with van der Waals surface area (Å²) in [6.07, 6.45) is 6.67. The van der Waals surface area contributed by atoms with Crippen molar-refractivity contribution >= 4 is 5.97 Å². The van der Waals surface area contributed by atoms with Crippen molar-refractivity contribution in [2.75, 3.05) is 6.54 Å². The first kappa shape index (κ1) is 13.5. The summed E-state index contributed by atoms with van der Waals surface area (Å²) in [5.41, 5.74) is 0. The topological polar surface area (TPSA) is 49.3 Å². The zero-order valence-electron chi connectivity index (χ0n) is 10.5. The molecule has 0 aromatic heterocycles. The number of nitrogens with one attached hydrogen (secondary N) is 1. The second-order valence-electron chi connectivity index (χ2n) is 5.37. The maximum absolute atomic E-state index is 10.4. The molecular formula is C13H25NO2. The maximum Gasteiger partial charge on any atom is 0.304 e. The number of hydrogen-bond donors (Lipinski definition) is 2. The number of aliphatic carboxylic acids is 1. The molecule has 0 aromatic rings. The van der Waals surface area contributed by atoms with Crippen LogP contribution in [0.3, 0.4) is 0 Å². The van der Waals surface area contributed by atoms with Gasteiger partial charge in [0, 0.05) is 12.6 Å². The van der Waals surface area contributed by atoms with Crippen molar-refractivity contribution in [2.24, 2.45) is 11.8 Å². The summed E-state index contributed by atoms with van der Waals surface area (Å²) >= 11 is 0. The predicted octanol–water partition coefficient (Wildman–Crippen LogP) is 2.66. The molecule has 3 heteroatoms. The van der Waals surface area contributed by atoms with E-state index in [1.165, 1.54) is 32.1 Å². The molecule has 1 saturated carbocycles. The minimum absolute atomic E-state index is 0.243. The molecule has 2 N–H and O–H groups in total. The standard InChI is InChI=1S/C13H25NO2/c1-10(2)6-7-11-4-3-5-12(11)14-9-8-13(15)16/h10-12,14H,3-9H2,1-2H3,(H,15,16). The van der Waals surface area contributed by atoms with Gasteiger partial charge in [0.05, 0.1) is 6.42 Å². The highest BCUT2D eigenvalue weighted by Gasteiger charge is 2.26. The third kappa shape index (κ3) is 4.97. The average molecular weight is 227 g/mol. The van der Waals surface area contributed by atoms with Crippen LogP contribution in [0.4, 0.5) is 0 Å². The summed E-state index contributed by atoms with van der Waals surface area (Å²) in [5, 5.41) is 12.0. The molecule has 0 saturated heterocycles. The fourth-order valence-electron chi connectivity index (χ4n) is 2.56. The van der Waals surface area contributed by atoms with Gasteiger partial charge >= 0.3 is 5.97 Å². The van der Waals surface area contributed by atoms with Crippen LogP contribution in [0.2, 0.25) is 0 Å². The summed E-state index contributed by atoms with van der Waals surface area (Å²) in [6, 6.07) is 0.568. The molecular weight excluding hydrogens is 202 g/mol. The summed E-state index contributed by atoms with van der Waals surface area (Å²) < 4.78 is 0. The predicted molar refractivity (Wildman–Crippen MR) is 65.5 cm³/mol. The molecule has 1 aliphatic carbocycles. The molecule has 0 bridgehead atoms. The number of carboxylic acid groups (broad SMARTS) is 1. The minimum atomic E-state index is -0.704. The monoisotopic (exact) mass is 227 g/mol. The van der Waals surface area contributed by atoms with Crippen molar-refractivity contribution < 1.29 is 9.90 Å². The molecule has 0 heterocycles. The molecule has 0 aliphatic heterocycles. The van der Waals surface area contributed by atoms with Crippen LogP contribution < -0.4 is 5.32 Å². The summed E-state index contributed by atoms with van der Waals surface area (Å²) in [4.78, 5) is 10.4. The van der Waals surface area contributed by atoms with Crippen LogP contribution in [0.15, 0.2) is 0 Å². The zero-order chi connectivity index (χ0) is 12.0. The lowest BCUT2D eigenvalue weighted by Crippen LogP contribution is -2.34. The van der Waals surface area contributed by atoms with E-state index in [-0.39, 0.29) is 6.42 Å². The van der Waals surface area contributed by atoms with Crippen LogP contribution in [0.25, 0.3) is 0 Å². The van der Waals surface area contributed by atoms with Crippen LogP contribution in [-0.4, -0.2) is 23.7 Å². The quantitative estimate of drug-likeness (QED) is 0.703. The van der Waals surface area contributed by atoms with Crippen molar-refractivity contribution in [3.8, 4) is 0 Å². The fraction of sp³-hybridized carbons (Fsp3) is 0.923. The smallest absolute Gasteiger partial charge is 0.304 e. The van der Waals surface area contributed by atoms with E-state index in [1.807, 2.05) is 0 Å². The number of hydrogen-bond acceptors (Lipinski definition) is 2. The Bertz CT molecular complexity index is 216. The van der Waals surface area contributed by atoms with Crippen LogP contribution in [-0.2, 0) is 4.79 Å². The number of carboxylic acids is 1. The van der Waals surface area contributed by atoms with Crippen LogP contribution in [0.1, 0.15) is 52.4 Å². The Morgan fingerprint density at radius 2 is 2.19 bits per heavy atom. The summed E-state index contributed by atoms with van der Waals surface area (Å²) in [5.74, 6) is 0.848. The van der Waals surface area contributed by atoms with E-state index < -0.39 is 5.97 Å². The fourth-order valence-corrected chi connectivity index (χ4v) is 2.56. The van der Waals surface area contributed by atoms with Gasteiger partial charge in [-0.15, -0.1) is 0 Å². The van der Waals surface area contributed by atoms with Gasteiger partial charge in [0.1, 0.15) is 0 Å². The summed E-state index contributed by atoms with van der Waals surface area (Å²) in [7, 11) is 0. The Kier molecular flexibility index (Phi) is 5.81. The van der Waals surface area contributed by atoms with Gasteiger partial charge < -0.3 is 10.4 Å². The van der Waals surface area contributed by atoms with E-state index in [4.69, 9.17) is 5.11 Å². The minimum Gasteiger partial charge on any atom is -0.481 e. The SMILES string of the molecule is CC(C)CCC1CCCC1NCCC(=O)O. The first-order valence-corrected chi connectivity index (χ1v) is 6.54. The van der Waals surface area contributed by atoms with E-state index in [0.717, 1.165) is 11.8 Å². The van der Waals surface area contributed by atoms with Gasteiger partial charge in [-0.3, -0.25) is 4.79 Å². The van der Waals surface area contributed by atoms with Crippen LogP contribution >= 0.6 is 0 Å². The molecule has 1 fully saturated rings. The van der Waals surface area contributed by atoms with Crippen LogP contribution in [0.5, 0.6) is 0 Å². The molecule has 0 radical (unpaired) electrons. The second-order valence-corrected chi connectivity index (χ2v) is 5.37. The lowest BCUT2D eigenvalue weighted by Gasteiger charge is -2.21. The normalized spacial score (nSPS) is 25.2. The summed E-state index contributed by atoms with van der Waals surface area (Å²) in [6.45, 7) is 5.15. The Hall–Kier alpha value is -0.570. The molecule has 3 nitrogen and oxygen atoms in total. The van der Waals surface area contributed by atoms with Crippen molar-refractivity contribution in [1.29, 1.82) is 0 Å². The number of rotatable bonds is 7. The molecule has 16 heavy (non-hydrogen) atoms. The zero-order valence-corrected chi connectivity index (χ0v) is 10.5. The van der Waals surface area contributed by atoms with Crippen molar-refractivity contribution in [3.63, 3.8) is 0 Å². The Morgan fingerprint density at radius 3 is 2.81 bits per heavy atom. The highest BCUT2D eigenvalue weighted by molar-refractivity contribution is 5.66. The van der Waals surface area contributed by atoms with Gasteiger partial charge in [0.25, 0.3) is 0 Å². The van der Waals surface area contributed by atoms with Gasteiger partial charge in [-0.2, -0.15) is 0 Å². The van der Waals surface area contributed by atoms with E-state index in [2.05, 4.69) is 19.2 Å². The van der Waals surface area contributed by atoms with E-state index in [9.17, 15) is 4.79 Å². The van der Waals surface area contributed by atoms with E-state index >= 15 is 0 Å². The van der Waals surface area contributed by atoms with Crippen LogP contribution in [0, 0.1) is 11.8 Å². The second kappa shape index (κ2) is 6.89. The third-order valence-electron chi connectivity index (χ3n) is 3.52. The molecule has 94 valence electrons. The van der Waals surface area contributed by atoms with Crippen molar-refractivity contribution in [3.05, 3.63) is 0 Å². The lowest BCUT2D eigenvalue weighted by molar-refractivity contribution is -0.136. The third-order valence-corrected chi connectivity index (χ3v) is 3.52. The van der Waals surface area contributed by atoms with Gasteiger partial charge in [-0.05, 0) is 31.1 Å². The van der Waals surface area contributed by atoms with E-state index in [0.29, 0.717) is 12.6 Å². The largest absolute Gasteiger partial charge is 0.481 e. The maximum atomic E-state index is 10.4. The highest BCUT2D eigenvalue weighted by Crippen LogP contribution is 2.30. The molecule has 1 aliphatic rings. The molecule has 0 aromatic carbocycles. The highest BCUT2D eigenvalue weighted by atomic mass is 16.4. The van der Waals surface area contributed by atoms with Crippen molar-refractivity contribution in [2.45, 2.75) is 58.4 Å². The lowest BCUT2D eigenvalue weighted by atomic mass is 9.93. The first-order valence-electron chi connectivity index (χ1n) is 6.54. The van der Waals surface area contributed by atoms with Gasteiger partial charge in [0.15, 0.2) is 0 Å².